The molecule has 0 saturated carbocycles. The van der Waals surface area contributed by atoms with Crippen molar-refractivity contribution in [2.45, 2.75) is 239 Å². The quantitative estimate of drug-likeness (QED) is 0.0284. The average molecular weight is 1020 g/mol. The number of aliphatic hydroxyl groups excluding tert-OH is 14. The van der Waals surface area contributed by atoms with Gasteiger partial charge in [0.25, 0.3) is 0 Å². The van der Waals surface area contributed by atoms with Crippen LogP contribution < -0.4 is 0 Å². The maximum Gasteiger partial charge on any atom is 0.187 e. The molecule has 4 aliphatic heterocycles. The third-order valence-electron chi connectivity index (χ3n) is 13.3. The molecular weight excluding hydrogens is 936 g/mol. The highest BCUT2D eigenvalue weighted by Gasteiger charge is 2.54. The fourth-order valence-electron chi connectivity index (χ4n) is 8.87. The maximum atomic E-state index is 11.5. The molecule has 0 aromatic heterocycles. The van der Waals surface area contributed by atoms with Crippen molar-refractivity contribution in [2.24, 2.45) is 0 Å². The lowest BCUT2D eigenvalue weighted by Crippen LogP contribution is -2.66. The van der Waals surface area contributed by atoms with Gasteiger partial charge in [-0.25, -0.2) is 0 Å². The molecule has 8 unspecified atom stereocenters. The van der Waals surface area contributed by atoms with Crippen LogP contribution in [0.2, 0.25) is 0 Å². The molecular formula is C46H86O24. The predicted molar refractivity (Wildman–Crippen MR) is 240 cm³/mol. The van der Waals surface area contributed by atoms with Crippen LogP contribution in [0.3, 0.4) is 0 Å². The van der Waals surface area contributed by atoms with E-state index in [0.29, 0.717) is 12.8 Å². The van der Waals surface area contributed by atoms with Crippen molar-refractivity contribution in [3.8, 4) is 0 Å². The summed E-state index contributed by atoms with van der Waals surface area (Å²) in [6, 6.07) is 0. The zero-order chi connectivity index (χ0) is 51.3. The molecule has 4 heterocycles. The van der Waals surface area contributed by atoms with E-state index in [0.717, 1.165) is 77.0 Å². The zero-order valence-corrected chi connectivity index (χ0v) is 40.6. The third-order valence-corrected chi connectivity index (χ3v) is 13.3. The monoisotopic (exact) mass is 1020 g/mol. The first-order chi connectivity index (χ1) is 33.7. The topological polar surface area (TPSA) is 376 Å². The number of aliphatic hydroxyl groups is 14. The highest BCUT2D eigenvalue weighted by atomic mass is 16.8. The van der Waals surface area contributed by atoms with Gasteiger partial charge in [0, 0.05) is 13.2 Å². The lowest BCUT2D eigenvalue weighted by molar-refractivity contribution is -0.377. The molecule has 0 bridgehead atoms. The van der Waals surface area contributed by atoms with Gasteiger partial charge in [-0.3, -0.25) is 0 Å². The summed E-state index contributed by atoms with van der Waals surface area (Å²) in [4.78, 5) is 0. The van der Waals surface area contributed by atoms with Gasteiger partial charge in [0.1, 0.15) is 110 Å². The normalized spacial score (nSPS) is 39.3. The number of rotatable bonds is 33. The summed E-state index contributed by atoms with van der Waals surface area (Å²) in [5.74, 6) is 0. The van der Waals surface area contributed by atoms with E-state index in [4.69, 9.17) is 47.4 Å². The fraction of sp³-hybridized carbons (Fsp3) is 1.00. The van der Waals surface area contributed by atoms with Crippen LogP contribution in [-0.4, -0.2) is 259 Å². The molecule has 0 aliphatic carbocycles. The van der Waals surface area contributed by atoms with Crippen molar-refractivity contribution < 1.29 is 119 Å². The molecule has 24 heteroatoms. The van der Waals surface area contributed by atoms with E-state index in [2.05, 4.69) is 13.8 Å². The van der Waals surface area contributed by atoms with Crippen LogP contribution in [0.4, 0.5) is 0 Å². The van der Waals surface area contributed by atoms with E-state index in [1.165, 1.54) is 0 Å². The van der Waals surface area contributed by atoms with Crippen LogP contribution in [0.1, 0.15) is 104 Å². The standard InChI is InChI=1S/C46H86O24/c1-3-5-7-9-11-13-15-17-61-23-29(67-43-39(59)35(55)41(27(21-49)65-43)69-45-37(57)33(53)31(51)25(19-47)63-45)30(24-62-18-16-14-12-10-8-6-4-2)68-44-40(60)36(56)42(28(22-50)66-44)70-46-38(58)34(54)32(52)26(20-48)64-46/h25-60H,3-24H2,1-2H3/t25?,26?,27?,28?,29-,30+,31-,32-,33+,34+,35-,36-,37?,38?,39?,40?,41-,42-,43+,44+,45-,46-/m1/s1. The van der Waals surface area contributed by atoms with Crippen molar-refractivity contribution in [1.29, 1.82) is 0 Å². The lowest BCUT2D eigenvalue weighted by atomic mass is 9.96. The minimum Gasteiger partial charge on any atom is -0.394 e. The van der Waals surface area contributed by atoms with E-state index in [9.17, 15) is 71.5 Å². The summed E-state index contributed by atoms with van der Waals surface area (Å²) >= 11 is 0. The Kier molecular flexibility index (Phi) is 28.6. The molecule has 4 aliphatic rings. The molecule has 4 fully saturated rings. The number of hydrogen-bond acceptors (Lipinski definition) is 24. The van der Waals surface area contributed by atoms with Crippen molar-refractivity contribution in [3.63, 3.8) is 0 Å². The summed E-state index contributed by atoms with van der Waals surface area (Å²) in [5.41, 5.74) is 0. The molecule has 22 atom stereocenters. The van der Waals surface area contributed by atoms with Crippen LogP contribution in [-0.2, 0) is 47.4 Å². The molecule has 0 aromatic carbocycles. The maximum absolute atomic E-state index is 11.5. The summed E-state index contributed by atoms with van der Waals surface area (Å²) in [5, 5.41) is 149. The van der Waals surface area contributed by atoms with Crippen LogP contribution in [0, 0.1) is 0 Å². The number of ether oxygens (including phenoxy) is 10. The van der Waals surface area contributed by atoms with Crippen molar-refractivity contribution in [3.05, 3.63) is 0 Å². The van der Waals surface area contributed by atoms with E-state index >= 15 is 0 Å². The SMILES string of the molecule is CCCCCCCCCOC[C@H](O[C@@H]1OC(CO)[C@@H](O[C@H]2OC(CO)[C@@H](O)[C@H](O)C2O)[C@H](O)C1O)[C@@H](COCCCCCCCCC)O[C@@H]1OC(CO)[C@@H](O[C@H]2OC(CO)[C@@H](O)[C@H](O)C2O)[C@H](O)C1O. The number of hydrogen-bond donors (Lipinski definition) is 14. The molecule has 0 spiro atoms. The molecule has 24 nitrogen and oxygen atoms in total. The molecule has 4 rings (SSSR count). The Bertz CT molecular complexity index is 1260. The minimum atomic E-state index is -1.95. The highest BCUT2D eigenvalue weighted by molar-refractivity contribution is 4.97. The van der Waals surface area contributed by atoms with Gasteiger partial charge in [-0.1, -0.05) is 90.9 Å². The smallest absolute Gasteiger partial charge is 0.187 e. The summed E-state index contributed by atoms with van der Waals surface area (Å²) < 4.78 is 59.1. The van der Waals surface area contributed by atoms with Crippen LogP contribution in [0.15, 0.2) is 0 Å². The molecule has 14 N–H and O–H groups in total. The van der Waals surface area contributed by atoms with Crippen molar-refractivity contribution in [1.82, 2.24) is 0 Å². The molecule has 0 radical (unpaired) electrons. The largest absolute Gasteiger partial charge is 0.394 e. The van der Waals surface area contributed by atoms with Crippen LogP contribution in [0.25, 0.3) is 0 Å². The second-order valence-electron chi connectivity index (χ2n) is 18.8. The van der Waals surface area contributed by atoms with E-state index < -0.39 is 161 Å². The van der Waals surface area contributed by atoms with Gasteiger partial charge < -0.3 is 119 Å². The van der Waals surface area contributed by atoms with Crippen LogP contribution >= 0.6 is 0 Å². The van der Waals surface area contributed by atoms with Crippen molar-refractivity contribution in [2.75, 3.05) is 52.9 Å². The van der Waals surface area contributed by atoms with Gasteiger partial charge in [0.05, 0.1) is 39.6 Å². The van der Waals surface area contributed by atoms with Gasteiger partial charge in [0.2, 0.25) is 0 Å². The molecule has 4 saturated heterocycles. The predicted octanol–water partition coefficient (Wildman–Crippen LogP) is -3.46. The second-order valence-corrected chi connectivity index (χ2v) is 18.8. The van der Waals surface area contributed by atoms with Gasteiger partial charge in [0.15, 0.2) is 25.2 Å². The highest BCUT2D eigenvalue weighted by Crippen LogP contribution is 2.33. The summed E-state index contributed by atoms with van der Waals surface area (Å²) in [7, 11) is 0. The summed E-state index contributed by atoms with van der Waals surface area (Å²) in [6.45, 7) is 1.01. The van der Waals surface area contributed by atoms with E-state index in [-0.39, 0.29) is 26.4 Å². The molecule has 414 valence electrons. The minimum absolute atomic E-state index is 0.259. The first-order valence-electron chi connectivity index (χ1n) is 25.3. The third kappa shape index (κ3) is 17.6. The molecule has 0 aromatic rings. The van der Waals surface area contributed by atoms with Crippen LogP contribution in [0.5, 0.6) is 0 Å². The second kappa shape index (κ2) is 32.5. The zero-order valence-electron chi connectivity index (χ0n) is 40.6. The van der Waals surface area contributed by atoms with Gasteiger partial charge in [-0.15, -0.1) is 0 Å². The Morgan fingerprint density at radius 1 is 0.343 bits per heavy atom. The number of unbranched alkanes of at least 4 members (excludes halogenated alkanes) is 12. The Morgan fingerprint density at radius 3 is 0.971 bits per heavy atom. The first kappa shape index (κ1) is 61.6. The lowest BCUT2D eigenvalue weighted by Gasteiger charge is -2.47. The summed E-state index contributed by atoms with van der Waals surface area (Å²) in [6.07, 6.45) is -23.3. The first-order valence-corrected chi connectivity index (χ1v) is 25.3. The van der Waals surface area contributed by atoms with Crippen molar-refractivity contribution >= 4 is 0 Å². The Balaban J connectivity index is 1.56. The Labute approximate surface area is 409 Å². The van der Waals surface area contributed by atoms with E-state index in [1.54, 1.807) is 0 Å². The molecule has 0 amide bonds. The van der Waals surface area contributed by atoms with Gasteiger partial charge in [-0.2, -0.15) is 0 Å². The van der Waals surface area contributed by atoms with E-state index in [1.807, 2.05) is 0 Å². The Morgan fingerprint density at radius 2 is 0.643 bits per heavy atom. The van der Waals surface area contributed by atoms with Gasteiger partial charge in [-0.05, 0) is 12.8 Å². The fourth-order valence-corrected chi connectivity index (χ4v) is 8.87. The molecule has 70 heavy (non-hydrogen) atoms. The average Bonchev–Trinajstić information content (AvgIpc) is 3.36. The van der Waals surface area contributed by atoms with Gasteiger partial charge >= 0.3 is 0 Å². The Hall–Kier alpha value is -0.960.